The summed E-state index contributed by atoms with van der Waals surface area (Å²) in [6, 6.07) is 4.03. The molecular formula is C9H6F3NS. The van der Waals surface area contributed by atoms with Gasteiger partial charge in [-0.25, -0.2) is 0 Å². The summed E-state index contributed by atoms with van der Waals surface area (Å²) in [7, 11) is 0. The number of halogens is 3. The Kier molecular flexibility index (Phi) is 1.92. The number of alkyl halides is 3. The van der Waals surface area contributed by atoms with Crippen molar-refractivity contribution < 1.29 is 13.2 Å². The van der Waals surface area contributed by atoms with Crippen molar-refractivity contribution in [1.29, 1.82) is 0 Å². The maximum Gasteiger partial charge on any atom is 0.417 e. The largest absolute Gasteiger partial charge is 0.417 e. The van der Waals surface area contributed by atoms with Crippen molar-refractivity contribution >= 4 is 27.1 Å². The SMILES string of the molecule is Nc1csc2c(C(F)(F)F)cccc12. The van der Waals surface area contributed by atoms with E-state index in [1.54, 1.807) is 6.07 Å². The van der Waals surface area contributed by atoms with Gasteiger partial charge < -0.3 is 5.73 Å². The fourth-order valence-corrected chi connectivity index (χ4v) is 2.30. The minimum atomic E-state index is -4.31. The molecule has 2 N–H and O–H groups in total. The van der Waals surface area contributed by atoms with Crippen LogP contribution in [0.15, 0.2) is 23.6 Å². The lowest BCUT2D eigenvalue weighted by molar-refractivity contribution is -0.136. The molecule has 1 aromatic heterocycles. The minimum absolute atomic E-state index is 0.206. The number of hydrogen-bond donors (Lipinski definition) is 1. The van der Waals surface area contributed by atoms with E-state index in [9.17, 15) is 13.2 Å². The van der Waals surface area contributed by atoms with Crippen LogP contribution in [0.4, 0.5) is 18.9 Å². The summed E-state index contributed by atoms with van der Waals surface area (Å²) in [6.07, 6.45) is -4.31. The Morgan fingerprint density at radius 2 is 1.93 bits per heavy atom. The monoisotopic (exact) mass is 217 g/mol. The normalized spacial score (nSPS) is 12.2. The molecule has 0 saturated carbocycles. The van der Waals surface area contributed by atoms with Gasteiger partial charge in [0.25, 0.3) is 0 Å². The topological polar surface area (TPSA) is 26.0 Å². The Labute approximate surface area is 82.0 Å². The predicted molar refractivity (Wildman–Crippen MR) is 51.2 cm³/mol. The molecule has 0 aliphatic heterocycles. The third-order valence-electron chi connectivity index (χ3n) is 1.94. The molecule has 5 heteroatoms. The maximum absolute atomic E-state index is 12.5. The Morgan fingerprint density at radius 3 is 2.57 bits per heavy atom. The molecule has 14 heavy (non-hydrogen) atoms. The molecule has 0 bridgehead atoms. The second-order valence-electron chi connectivity index (χ2n) is 2.87. The van der Waals surface area contributed by atoms with Crippen LogP contribution in [0.1, 0.15) is 5.56 Å². The highest BCUT2D eigenvalue weighted by Gasteiger charge is 2.33. The number of benzene rings is 1. The molecule has 74 valence electrons. The second-order valence-corrected chi connectivity index (χ2v) is 3.75. The van der Waals surface area contributed by atoms with E-state index in [-0.39, 0.29) is 4.70 Å². The third-order valence-corrected chi connectivity index (χ3v) is 2.98. The van der Waals surface area contributed by atoms with Gasteiger partial charge in [-0.2, -0.15) is 13.2 Å². The zero-order valence-electron chi connectivity index (χ0n) is 6.93. The number of nitrogens with two attached hydrogens (primary N) is 1. The lowest BCUT2D eigenvalue weighted by Crippen LogP contribution is -2.04. The van der Waals surface area contributed by atoms with Crippen LogP contribution in [-0.4, -0.2) is 0 Å². The van der Waals surface area contributed by atoms with E-state index in [0.29, 0.717) is 11.1 Å². The quantitative estimate of drug-likeness (QED) is 0.718. The summed E-state index contributed by atoms with van der Waals surface area (Å²) in [5, 5.41) is 2.00. The van der Waals surface area contributed by atoms with E-state index >= 15 is 0 Å². The molecule has 0 spiro atoms. The van der Waals surface area contributed by atoms with Gasteiger partial charge >= 0.3 is 6.18 Å². The highest BCUT2D eigenvalue weighted by Crippen LogP contribution is 2.39. The smallest absolute Gasteiger partial charge is 0.398 e. The van der Waals surface area contributed by atoms with Gasteiger partial charge in [0.15, 0.2) is 0 Å². The zero-order valence-corrected chi connectivity index (χ0v) is 7.75. The first kappa shape index (κ1) is 9.33. The number of anilines is 1. The van der Waals surface area contributed by atoms with Gasteiger partial charge in [0, 0.05) is 15.5 Å². The molecule has 1 nitrogen and oxygen atoms in total. The summed E-state index contributed by atoms with van der Waals surface area (Å²) >= 11 is 1.02. The molecule has 0 radical (unpaired) electrons. The van der Waals surface area contributed by atoms with Crippen molar-refractivity contribution in [3.63, 3.8) is 0 Å². The van der Waals surface area contributed by atoms with Crippen LogP contribution in [-0.2, 0) is 6.18 Å². The Balaban J connectivity index is 2.79. The third kappa shape index (κ3) is 1.33. The van der Waals surface area contributed by atoms with Gasteiger partial charge in [-0.3, -0.25) is 0 Å². The Hall–Kier alpha value is -1.23. The van der Waals surface area contributed by atoms with Crippen molar-refractivity contribution in [2.45, 2.75) is 6.18 Å². The van der Waals surface area contributed by atoms with E-state index < -0.39 is 11.7 Å². The van der Waals surface area contributed by atoms with Crippen molar-refractivity contribution in [2.24, 2.45) is 0 Å². The first-order valence-corrected chi connectivity index (χ1v) is 4.71. The Morgan fingerprint density at radius 1 is 1.21 bits per heavy atom. The molecular weight excluding hydrogens is 211 g/mol. The molecule has 2 aromatic rings. The summed E-state index contributed by atoms with van der Waals surface area (Å²) < 4.78 is 37.7. The number of hydrogen-bond acceptors (Lipinski definition) is 2. The highest BCUT2D eigenvalue weighted by atomic mass is 32.1. The van der Waals surface area contributed by atoms with Crippen LogP contribution in [0.25, 0.3) is 10.1 Å². The van der Waals surface area contributed by atoms with Crippen molar-refractivity contribution in [1.82, 2.24) is 0 Å². The predicted octanol–water partition coefficient (Wildman–Crippen LogP) is 3.50. The van der Waals surface area contributed by atoms with Gasteiger partial charge in [-0.15, -0.1) is 11.3 Å². The van der Waals surface area contributed by atoms with Crippen LogP contribution in [0.3, 0.4) is 0 Å². The van der Waals surface area contributed by atoms with Crippen molar-refractivity contribution in [2.75, 3.05) is 5.73 Å². The lowest BCUT2D eigenvalue weighted by atomic mass is 10.1. The maximum atomic E-state index is 12.5. The number of thiophene rings is 1. The first-order chi connectivity index (χ1) is 6.50. The molecule has 0 aliphatic rings. The van der Waals surface area contributed by atoms with E-state index in [1.807, 2.05) is 0 Å². The van der Waals surface area contributed by atoms with E-state index in [4.69, 9.17) is 5.73 Å². The summed E-state index contributed by atoms with van der Waals surface area (Å²) in [5.41, 5.74) is 5.32. The Bertz CT molecular complexity index is 472. The number of rotatable bonds is 0. The molecule has 2 rings (SSSR count). The van der Waals surface area contributed by atoms with E-state index in [1.165, 1.54) is 11.4 Å². The van der Waals surface area contributed by atoms with Gasteiger partial charge in [0.2, 0.25) is 0 Å². The first-order valence-electron chi connectivity index (χ1n) is 3.83. The summed E-state index contributed by atoms with van der Waals surface area (Å²) in [4.78, 5) is 0. The van der Waals surface area contributed by atoms with Crippen LogP contribution in [0.5, 0.6) is 0 Å². The van der Waals surface area contributed by atoms with Crippen LogP contribution in [0.2, 0.25) is 0 Å². The molecule has 0 amide bonds. The fraction of sp³-hybridized carbons (Fsp3) is 0.111. The molecule has 0 atom stereocenters. The van der Waals surface area contributed by atoms with Crippen LogP contribution < -0.4 is 5.73 Å². The van der Waals surface area contributed by atoms with E-state index in [2.05, 4.69) is 0 Å². The lowest BCUT2D eigenvalue weighted by Gasteiger charge is -2.06. The average Bonchev–Trinajstić information content (AvgIpc) is 2.46. The average molecular weight is 217 g/mol. The summed E-state index contributed by atoms with van der Waals surface area (Å²) in [5.74, 6) is 0. The highest BCUT2D eigenvalue weighted by molar-refractivity contribution is 7.18. The fourth-order valence-electron chi connectivity index (χ4n) is 1.30. The van der Waals surface area contributed by atoms with Crippen molar-refractivity contribution in [3.8, 4) is 0 Å². The molecule has 0 fully saturated rings. The van der Waals surface area contributed by atoms with Gasteiger partial charge in [-0.1, -0.05) is 12.1 Å². The molecule has 0 aliphatic carbocycles. The van der Waals surface area contributed by atoms with Gasteiger partial charge in [0.05, 0.1) is 11.3 Å². The van der Waals surface area contributed by atoms with Crippen molar-refractivity contribution in [3.05, 3.63) is 29.1 Å². The summed E-state index contributed by atoms with van der Waals surface area (Å²) in [6.45, 7) is 0. The standard InChI is InChI=1S/C9H6F3NS/c10-9(11,12)6-3-1-2-5-7(13)4-14-8(5)6/h1-4H,13H2. The zero-order chi connectivity index (χ0) is 10.3. The van der Waals surface area contributed by atoms with Crippen LogP contribution >= 0.6 is 11.3 Å². The van der Waals surface area contributed by atoms with E-state index in [0.717, 1.165) is 17.4 Å². The number of fused-ring (bicyclic) bond motifs is 1. The van der Waals surface area contributed by atoms with Gasteiger partial charge in [-0.05, 0) is 6.07 Å². The molecule has 0 saturated heterocycles. The molecule has 1 aromatic carbocycles. The molecule has 1 heterocycles. The second kappa shape index (κ2) is 2.88. The minimum Gasteiger partial charge on any atom is -0.398 e. The van der Waals surface area contributed by atoms with Gasteiger partial charge in [0.1, 0.15) is 0 Å². The van der Waals surface area contributed by atoms with Crippen LogP contribution in [0, 0.1) is 0 Å². The number of nitrogen functional groups attached to an aromatic ring is 1. The molecule has 0 unspecified atom stereocenters.